The molecule has 2 aromatic rings. The van der Waals surface area contributed by atoms with Gasteiger partial charge in [-0.2, -0.15) is 0 Å². The van der Waals surface area contributed by atoms with E-state index in [4.69, 9.17) is 9.84 Å². The second-order valence-corrected chi connectivity index (χ2v) is 4.08. The molecule has 0 saturated heterocycles. The maximum atomic E-state index is 9.04. The van der Waals surface area contributed by atoms with Crippen LogP contribution in [0.15, 0.2) is 48.5 Å². The molecule has 0 heterocycles. The van der Waals surface area contributed by atoms with Crippen molar-refractivity contribution in [2.75, 3.05) is 0 Å². The van der Waals surface area contributed by atoms with Gasteiger partial charge < -0.3 is 9.84 Å². The lowest BCUT2D eigenvalue weighted by molar-refractivity contribution is 0.280. The van der Waals surface area contributed by atoms with Crippen LogP contribution >= 0.6 is 0 Å². The molecule has 0 spiro atoms. The normalized spacial score (nSPS) is 10.2. The van der Waals surface area contributed by atoms with Crippen LogP contribution in [0.2, 0.25) is 0 Å². The van der Waals surface area contributed by atoms with Gasteiger partial charge in [0.1, 0.15) is 12.4 Å². The lowest BCUT2D eigenvalue weighted by atomic mass is 10.1. The van der Waals surface area contributed by atoms with Gasteiger partial charge >= 0.3 is 0 Å². The van der Waals surface area contributed by atoms with Gasteiger partial charge in [0, 0.05) is 0 Å². The molecule has 88 valence electrons. The van der Waals surface area contributed by atoms with Gasteiger partial charge in [-0.05, 0) is 35.7 Å². The summed E-state index contributed by atoms with van der Waals surface area (Å²) in [6.45, 7) is 2.63. The highest BCUT2D eigenvalue weighted by Crippen LogP contribution is 2.15. The van der Waals surface area contributed by atoms with Crippen molar-refractivity contribution in [2.45, 2.75) is 20.1 Å². The fourth-order valence-electron chi connectivity index (χ4n) is 1.69. The Morgan fingerprint density at radius 1 is 1.00 bits per heavy atom. The van der Waals surface area contributed by atoms with Crippen LogP contribution in [0.5, 0.6) is 5.75 Å². The van der Waals surface area contributed by atoms with E-state index < -0.39 is 0 Å². The molecule has 2 heteroatoms. The molecule has 0 aliphatic heterocycles. The molecule has 17 heavy (non-hydrogen) atoms. The molecule has 2 rings (SSSR count). The van der Waals surface area contributed by atoms with Crippen LogP contribution in [0.25, 0.3) is 0 Å². The Bertz CT molecular complexity index is 492. The molecule has 0 bridgehead atoms. The first kappa shape index (κ1) is 11.7. The average molecular weight is 228 g/mol. The van der Waals surface area contributed by atoms with Crippen molar-refractivity contribution < 1.29 is 9.84 Å². The summed E-state index contributed by atoms with van der Waals surface area (Å²) < 4.78 is 5.69. The number of hydrogen-bond acceptors (Lipinski definition) is 2. The maximum Gasteiger partial charge on any atom is 0.120 e. The summed E-state index contributed by atoms with van der Waals surface area (Å²) >= 11 is 0. The summed E-state index contributed by atoms with van der Waals surface area (Å²) in [7, 11) is 0. The Balaban J connectivity index is 2.02. The third kappa shape index (κ3) is 3.33. The molecule has 0 aliphatic rings. The first-order valence-electron chi connectivity index (χ1n) is 5.66. The van der Waals surface area contributed by atoms with E-state index in [1.165, 1.54) is 5.56 Å². The minimum atomic E-state index is 0.0677. The second kappa shape index (κ2) is 5.51. The summed E-state index contributed by atoms with van der Waals surface area (Å²) in [6, 6.07) is 15.8. The third-order valence-electron chi connectivity index (χ3n) is 2.57. The Hall–Kier alpha value is -1.80. The number of hydrogen-bond donors (Lipinski definition) is 1. The Kier molecular flexibility index (Phi) is 3.78. The molecule has 0 aromatic heterocycles. The highest BCUT2D eigenvalue weighted by molar-refractivity contribution is 5.28. The van der Waals surface area contributed by atoms with Crippen LogP contribution in [0.1, 0.15) is 16.7 Å². The lowest BCUT2D eigenvalue weighted by Crippen LogP contribution is -1.96. The number of aryl methyl sites for hydroxylation is 1. The zero-order valence-corrected chi connectivity index (χ0v) is 9.89. The van der Waals surface area contributed by atoms with Gasteiger partial charge in [-0.3, -0.25) is 0 Å². The van der Waals surface area contributed by atoms with Crippen LogP contribution in [0.4, 0.5) is 0 Å². The summed E-state index contributed by atoms with van der Waals surface area (Å²) in [4.78, 5) is 0. The van der Waals surface area contributed by atoms with Gasteiger partial charge in [-0.25, -0.2) is 0 Å². The van der Waals surface area contributed by atoms with E-state index in [9.17, 15) is 0 Å². The van der Waals surface area contributed by atoms with Gasteiger partial charge in [0.15, 0.2) is 0 Å². The predicted molar refractivity (Wildman–Crippen MR) is 67.9 cm³/mol. The molecule has 0 aliphatic carbocycles. The van der Waals surface area contributed by atoms with E-state index in [1.807, 2.05) is 55.5 Å². The van der Waals surface area contributed by atoms with Gasteiger partial charge in [0.05, 0.1) is 6.61 Å². The highest BCUT2D eigenvalue weighted by atomic mass is 16.5. The molecule has 2 nitrogen and oxygen atoms in total. The highest BCUT2D eigenvalue weighted by Gasteiger charge is 1.97. The summed E-state index contributed by atoms with van der Waals surface area (Å²) in [5, 5.41) is 9.04. The predicted octanol–water partition coefficient (Wildman–Crippen LogP) is 3.07. The van der Waals surface area contributed by atoms with E-state index in [2.05, 4.69) is 0 Å². The largest absolute Gasteiger partial charge is 0.489 e. The van der Waals surface area contributed by atoms with E-state index in [1.54, 1.807) is 0 Å². The molecule has 2 aromatic carbocycles. The molecular weight excluding hydrogens is 212 g/mol. The number of ether oxygens (including phenoxy) is 1. The summed E-state index contributed by atoms with van der Waals surface area (Å²) in [5.74, 6) is 0.874. The van der Waals surface area contributed by atoms with Crippen molar-refractivity contribution >= 4 is 0 Å². The molecule has 0 unspecified atom stereocenters. The Labute approximate surface area is 101 Å². The Morgan fingerprint density at radius 2 is 1.76 bits per heavy atom. The maximum absolute atomic E-state index is 9.04. The van der Waals surface area contributed by atoms with Crippen molar-refractivity contribution in [1.82, 2.24) is 0 Å². The van der Waals surface area contributed by atoms with Crippen LogP contribution in [0, 0.1) is 6.92 Å². The van der Waals surface area contributed by atoms with E-state index in [0.29, 0.717) is 6.61 Å². The molecular formula is C15H16O2. The van der Waals surface area contributed by atoms with Crippen LogP contribution < -0.4 is 4.74 Å². The van der Waals surface area contributed by atoms with Crippen LogP contribution in [-0.4, -0.2) is 5.11 Å². The van der Waals surface area contributed by atoms with E-state index in [0.717, 1.165) is 16.9 Å². The van der Waals surface area contributed by atoms with Crippen molar-refractivity contribution in [3.05, 3.63) is 65.2 Å². The topological polar surface area (TPSA) is 29.5 Å². The molecule has 0 radical (unpaired) electrons. The van der Waals surface area contributed by atoms with E-state index in [-0.39, 0.29) is 6.61 Å². The van der Waals surface area contributed by atoms with Crippen LogP contribution in [-0.2, 0) is 13.2 Å². The third-order valence-corrected chi connectivity index (χ3v) is 2.57. The summed E-state index contributed by atoms with van der Waals surface area (Å²) in [5.41, 5.74) is 3.17. The molecule has 0 atom stereocenters. The van der Waals surface area contributed by atoms with Gasteiger partial charge in [0.2, 0.25) is 0 Å². The van der Waals surface area contributed by atoms with Gasteiger partial charge in [-0.1, -0.05) is 36.4 Å². The van der Waals surface area contributed by atoms with Crippen molar-refractivity contribution in [3.63, 3.8) is 0 Å². The van der Waals surface area contributed by atoms with Crippen molar-refractivity contribution in [3.8, 4) is 5.75 Å². The summed E-state index contributed by atoms with van der Waals surface area (Å²) in [6.07, 6.45) is 0. The number of aliphatic hydroxyl groups is 1. The number of rotatable bonds is 4. The van der Waals surface area contributed by atoms with Gasteiger partial charge in [-0.15, -0.1) is 0 Å². The van der Waals surface area contributed by atoms with Gasteiger partial charge in [0.25, 0.3) is 0 Å². The first-order chi connectivity index (χ1) is 8.28. The smallest absolute Gasteiger partial charge is 0.120 e. The zero-order valence-electron chi connectivity index (χ0n) is 9.89. The Morgan fingerprint density at radius 3 is 2.53 bits per heavy atom. The minimum absolute atomic E-state index is 0.0677. The fourth-order valence-corrected chi connectivity index (χ4v) is 1.69. The second-order valence-electron chi connectivity index (χ2n) is 4.08. The monoisotopic (exact) mass is 228 g/mol. The molecule has 0 fully saturated rings. The molecule has 0 amide bonds. The van der Waals surface area contributed by atoms with Crippen molar-refractivity contribution in [1.29, 1.82) is 0 Å². The quantitative estimate of drug-likeness (QED) is 0.871. The standard InChI is InChI=1S/C15H16O2/c1-12-4-2-7-15(8-12)17-11-14-6-3-5-13(9-14)10-16/h2-9,16H,10-11H2,1H3. The number of aliphatic hydroxyl groups excluding tert-OH is 1. The number of benzene rings is 2. The fraction of sp³-hybridized carbons (Fsp3) is 0.200. The van der Waals surface area contributed by atoms with Crippen LogP contribution in [0.3, 0.4) is 0 Å². The minimum Gasteiger partial charge on any atom is -0.489 e. The first-order valence-corrected chi connectivity index (χ1v) is 5.66. The molecule has 1 N–H and O–H groups in total. The van der Waals surface area contributed by atoms with Crippen molar-refractivity contribution in [2.24, 2.45) is 0 Å². The van der Waals surface area contributed by atoms with E-state index >= 15 is 0 Å². The molecule has 0 saturated carbocycles. The SMILES string of the molecule is Cc1cccc(OCc2cccc(CO)c2)c1. The lowest BCUT2D eigenvalue weighted by Gasteiger charge is -2.07. The average Bonchev–Trinajstić information content (AvgIpc) is 2.37. The zero-order chi connectivity index (χ0) is 12.1.